The van der Waals surface area contributed by atoms with E-state index in [1.807, 2.05) is 0 Å². The molecule has 1 aliphatic carbocycles. The largest absolute Gasteiger partial charge is 0.493 e. The van der Waals surface area contributed by atoms with Crippen molar-refractivity contribution in [1.29, 1.82) is 0 Å². The Morgan fingerprint density at radius 3 is 2.62 bits per heavy atom. The van der Waals surface area contributed by atoms with Gasteiger partial charge in [0.15, 0.2) is 17.3 Å². The van der Waals surface area contributed by atoms with E-state index in [1.165, 1.54) is 14.0 Å². The lowest BCUT2D eigenvalue weighted by molar-refractivity contribution is -0.141. The van der Waals surface area contributed by atoms with Crippen molar-refractivity contribution in [2.24, 2.45) is 5.92 Å². The molecule has 0 heterocycles. The van der Waals surface area contributed by atoms with E-state index in [4.69, 9.17) is 14.6 Å². The molecule has 1 aliphatic rings. The fourth-order valence-corrected chi connectivity index (χ4v) is 3.06. The van der Waals surface area contributed by atoms with Gasteiger partial charge in [-0.3, -0.25) is 14.4 Å². The Bertz CT molecular complexity index is 672. The molecule has 0 saturated heterocycles. The number of nitrogens with one attached hydrogen (secondary N) is 1. The van der Waals surface area contributed by atoms with Crippen molar-refractivity contribution in [3.63, 3.8) is 0 Å². The van der Waals surface area contributed by atoms with Crippen LogP contribution in [0.25, 0.3) is 0 Å². The minimum Gasteiger partial charge on any atom is -0.493 e. The van der Waals surface area contributed by atoms with Gasteiger partial charge in [-0.15, -0.1) is 0 Å². The average Bonchev–Trinajstić information content (AvgIpc) is 3.07. The first-order valence-corrected chi connectivity index (χ1v) is 8.74. The highest BCUT2D eigenvalue weighted by atomic mass is 16.5. The maximum atomic E-state index is 12.0. The van der Waals surface area contributed by atoms with Crippen LogP contribution in [0, 0.1) is 5.92 Å². The molecule has 1 amide bonds. The third kappa shape index (κ3) is 5.47. The Morgan fingerprint density at radius 2 is 2.00 bits per heavy atom. The molecule has 2 rings (SSSR count). The predicted octanol–water partition coefficient (Wildman–Crippen LogP) is 2.43. The number of ether oxygens (including phenoxy) is 2. The number of benzene rings is 1. The van der Waals surface area contributed by atoms with Gasteiger partial charge in [-0.25, -0.2) is 0 Å². The number of carboxylic acids is 1. The number of aliphatic carboxylic acids is 1. The molecule has 7 heteroatoms. The monoisotopic (exact) mass is 363 g/mol. The second kappa shape index (κ2) is 9.22. The van der Waals surface area contributed by atoms with Gasteiger partial charge in [0.25, 0.3) is 0 Å². The van der Waals surface area contributed by atoms with Crippen LogP contribution < -0.4 is 14.8 Å². The van der Waals surface area contributed by atoms with Crippen molar-refractivity contribution in [3.8, 4) is 11.5 Å². The van der Waals surface area contributed by atoms with Gasteiger partial charge in [0.1, 0.15) is 0 Å². The lowest BCUT2D eigenvalue weighted by Gasteiger charge is -2.13. The molecule has 26 heavy (non-hydrogen) atoms. The van der Waals surface area contributed by atoms with Gasteiger partial charge in [0.2, 0.25) is 5.91 Å². The summed E-state index contributed by atoms with van der Waals surface area (Å²) >= 11 is 0. The zero-order valence-electron chi connectivity index (χ0n) is 15.1. The van der Waals surface area contributed by atoms with Gasteiger partial charge in [0, 0.05) is 18.0 Å². The summed E-state index contributed by atoms with van der Waals surface area (Å²) in [5.41, 5.74) is 0.546. The lowest BCUT2D eigenvalue weighted by atomic mass is 10.1. The summed E-state index contributed by atoms with van der Waals surface area (Å²) in [6.45, 7) is 1.82. The van der Waals surface area contributed by atoms with Crippen molar-refractivity contribution in [3.05, 3.63) is 23.8 Å². The number of carboxylic acid groups (broad SMARTS) is 1. The Balaban J connectivity index is 1.72. The quantitative estimate of drug-likeness (QED) is 0.516. The summed E-state index contributed by atoms with van der Waals surface area (Å²) in [6, 6.07) is 4.93. The molecule has 2 N–H and O–H groups in total. The topological polar surface area (TPSA) is 102 Å². The van der Waals surface area contributed by atoms with E-state index < -0.39 is 5.97 Å². The van der Waals surface area contributed by atoms with Gasteiger partial charge < -0.3 is 19.9 Å². The van der Waals surface area contributed by atoms with Gasteiger partial charge in [-0.2, -0.15) is 0 Å². The smallest absolute Gasteiger partial charge is 0.306 e. The van der Waals surface area contributed by atoms with Crippen molar-refractivity contribution >= 4 is 17.7 Å². The van der Waals surface area contributed by atoms with E-state index in [1.54, 1.807) is 18.2 Å². The van der Waals surface area contributed by atoms with E-state index in [2.05, 4.69) is 5.32 Å². The molecule has 1 aromatic rings. The van der Waals surface area contributed by atoms with Crippen LogP contribution >= 0.6 is 0 Å². The summed E-state index contributed by atoms with van der Waals surface area (Å²) < 4.78 is 10.9. The maximum absolute atomic E-state index is 12.0. The van der Waals surface area contributed by atoms with Crippen LogP contribution in [0.2, 0.25) is 0 Å². The SMILES string of the molecule is COc1cc(C(C)=O)ccc1OCCCC(=O)N[C@@H]1CC[C@H](C(=O)O)C1. The lowest BCUT2D eigenvalue weighted by Crippen LogP contribution is -2.33. The number of hydrogen-bond acceptors (Lipinski definition) is 5. The third-order valence-corrected chi connectivity index (χ3v) is 4.52. The number of rotatable bonds is 9. The highest BCUT2D eigenvalue weighted by Crippen LogP contribution is 2.28. The number of methoxy groups -OCH3 is 1. The van der Waals surface area contributed by atoms with Crippen LogP contribution in [-0.4, -0.2) is 42.5 Å². The molecular formula is C19H25NO6. The normalized spacial score (nSPS) is 19.0. The molecule has 1 saturated carbocycles. The Kier molecular flexibility index (Phi) is 7.00. The molecule has 0 aliphatic heterocycles. The fraction of sp³-hybridized carbons (Fsp3) is 0.526. The van der Waals surface area contributed by atoms with Crippen LogP contribution in [-0.2, 0) is 9.59 Å². The van der Waals surface area contributed by atoms with Crippen molar-refractivity contribution in [2.75, 3.05) is 13.7 Å². The van der Waals surface area contributed by atoms with Crippen LogP contribution in [0.5, 0.6) is 11.5 Å². The zero-order valence-corrected chi connectivity index (χ0v) is 15.1. The number of carbonyl (C=O) groups excluding carboxylic acids is 2. The van der Waals surface area contributed by atoms with E-state index in [0.29, 0.717) is 55.8 Å². The van der Waals surface area contributed by atoms with Crippen LogP contribution in [0.15, 0.2) is 18.2 Å². The van der Waals surface area contributed by atoms with Crippen molar-refractivity contribution in [2.45, 2.75) is 45.1 Å². The van der Waals surface area contributed by atoms with E-state index in [9.17, 15) is 14.4 Å². The van der Waals surface area contributed by atoms with Crippen LogP contribution in [0.1, 0.15) is 49.4 Å². The van der Waals surface area contributed by atoms with Gasteiger partial charge >= 0.3 is 5.97 Å². The molecule has 1 fully saturated rings. The number of ketones is 1. The molecule has 2 atom stereocenters. The fourth-order valence-electron chi connectivity index (χ4n) is 3.06. The minimum atomic E-state index is -0.792. The highest BCUT2D eigenvalue weighted by Gasteiger charge is 2.30. The molecule has 0 unspecified atom stereocenters. The van der Waals surface area contributed by atoms with Crippen LogP contribution in [0.4, 0.5) is 0 Å². The predicted molar refractivity (Wildman–Crippen MR) is 94.6 cm³/mol. The van der Waals surface area contributed by atoms with Crippen molar-refractivity contribution in [1.82, 2.24) is 5.32 Å². The first-order chi connectivity index (χ1) is 12.4. The zero-order chi connectivity index (χ0) is 19.1. The molecule has 0 spiro atoms. The summed E-state index contributed by atoms with van der Waals surface area (Å²) in [5.74, 6) is -0.285. The minimum absolute atomic E-state index is 0.0521. The second-order valence-corrected chi connectivity index (χ2v) is 6.49. The van der Waals surface area contributed by atoms with Crippen LogP contribution in [0.3, 0.4) is 0 Å². The summed E-state index contributed by atoms with van der Waals surface area (Å²) in [7, 11) is 1.51. The number of amides is 1. The van der Waals surface area contributed by atoms with E-state index in [0.717, 1.165) is 0 Å². The Morgan fingerprint density at radius 1 is 1.23 bits per heavy atom. The number of Topliss-reactive ketones (excluding diaryl/α,β-unsaturated/α-hetero) is 1. The first kappa shape index (κ1) is 19.8. The molecular weight excluding hydrogens is 338 g/mol. The molecule has 142 valence electrons. The van der Waals surface area contributed by atoms with Gasteiger partial charge in [-0.05, 0) is 50.8 Å². The molecule has 0 radical (unpaired) electrons. The summed E-state index contributed by atoms with van der Waals surface area (Å²) in [5, 5.41) is 11.9. The summed E-state index contributed by atoms with van der Waals surface area (Å²) in [6.07, 6.45) is 2.65. The Hall–Kier alpha value is -2.57. The Labute approximate surface area is 152 Å². The van der Waals surface area contributed by atoms with E-state index in [-0.39, 0.29) is 23.7 Å². The summed E-state index contributed by atoms with van der Waals surface area (Å²) in [4.78, 5) is 34.3. The molecule has 0 bridgehead atoms. The highest BCUT2D eigenvalue weighted by molar-refractivity contribution is 5.94. The van der Waals surface area contributed by atoms with Crippen molar-refractivity contribution < 1.29 is 29.0 Å². The standard InChI is InChI=1S/C19H25NO6/c1-12(21)13-6-8-16(17(11-13)25-2)26-9-3-4-18(22)20-15-7-5-14(10-15)19(23)24/h6,8,11,14-15H,3-5,7,9-10H2,1-2H3,(H,20,22)(H,23,24)/t14-,15+/m0/s1. The number of hydrogen-bond donors (Lipinski definition) is 2. The second-order valence-electron chi connectivity index (χ2n) is 6.49. The molecule has 7 nitrogen and oxygen atoms in total. The molecule has 1 aromatic carbocycles. The van der Waals surface area contributed by atoms with E-state index >= 15 is 0 Å². The number of carbonyl (C=O) groups is 3. The maximum Gasteiger partial charge on any atom is 0.306 e. The third-order valence-electron chi connectivity index (χ3n) is 4.52. The average molecular weight is 363 g/mol. The van der Waals surface area contributed by atoms with Gasteiger partial charge in [-0.1, -0.05) is 0 Å². The molecule has 0 aromatic heterocycles. The van der Waals surface area contributed by atoms with Gasteiger partial charge in [0.05, 0.1) is 19.6 Å². The first-order valence-electron chi connectivity index (χ1n) is 8.74.